The van der Waals surface area contributed by atoms with E-state index < -0.39 is 10.8 Å². The van der Waals surface area contributed by atoms with E-state index in [0.29, 0.717) is 5.75 Å². The number of nitrogens with one attached hydrogen (secondary N) is 1. The van der Waals surface area contributed by atoms with Crippen molar-refractivity contribution in [2.45, 2.75) is 45.1 Å². The van der Waals surface area contributed by atoms with Crippen molar-refractivity contribution in [2.75, 3.05) is 5.75 Å². The molecule has 1 rings (SSSR count). The predicted molar refractivity (Wildman–Crippen MR) is 81.6 cm³/mol. The third-order valence-corrected chi connectivity index (χ3v) is 4.43. The fourth-order valence-electron chi connectivity index (χ4n) is 1.63. The summed E-state index contributed by atoms with van der Waals surface area (Å²) >= 11 is 0. The van der Waals surface area contributed by atoms with Gasteiger partial charge < -0.3 is 10.4 Å². The smallest absolute Gasteiger partial charge is 0.233 e. The van der Waals surface area contributed by atoms with Crippen molar-refractivity contribution in [2.24, 2.45) is 0 Å². The van der Waals surface area contributed by atoms with Crippen LogP contribution in [0.1, 0.15) is 38.3 Å². The highest BCUT2D eigenvalue weighted by Crippen LogP contribution is 2.09. The lowest BCUT2D eigenvalue weighted by Crippen LogP contribution is -2.44. The number of hydrogen-bond acceptors (Lipinski definition) is 3. The molecule has 1 amide bonds. The van der Waals surface area contributed by atoms with Gasteiger partial charge in [-0.1, -0.05) is 31.2 Å². The minimum atomic E-state index is -1.22. The summed E-state index contributed by atoms with van der Waals surface area (Å²) in [7, 11) is -1.22. The minimum absolute atomic E-state index is 0.00211. The highest BCUT2D eigenvalue weighted by atomic mass is 32.2. The average Bonchev–Trinajstić information content (AvgIpc) is 2.38. The van der Waals surface area contributed by atoms with Crippen LogP contribution in [0.3, 0.4) is 0 Å². The Labute approximate surface area is 123 Å². The molecule has 0 saturated heterocycles. The van der Waals surface area contributed by atoms with Gasteiger partial charge in [0.25, 0.3) is 0 Å². The number of aliphatic hydroxyl groups excluding tert-OH is 1. The Bertz CT molecular complexity index is 469. The Morgan fingerprint density at radius 1 is 1.25 bits per heavy atom. The number of carbonyl (C=O) groups is 1. The molecule has 2 N–H and O–H groups in total. The molecule has 1 aromatic rings. The number of hydrogen-bond donors (Lipinski definition) is 2. The van der Waals surface area contributed by atoms with Gasteiger partial charge in [0.2, 0.25) is 5.91 Å². The van der Waals surface area contributed by atoms with E-state index in [1.165, 1.54) is 0 Å². The first kappa shape index (κ1) is 16.9. The van der Waals surface area contributed by atoms with Crippen molar-refractivity contribution < 1.29 is 14.1 Å². The Morgan fingerprint density at radius 2 is 1.80 bits per heavy atom. The zero-order chi connectivity index (χ0) is 15.2. The Hall–Kier alpha value is -1.20. The molecular weight excluding hydrogens is 274 g/mol. The molecule has 0 heterocycles. The summed E-state index contributed by atoms with van der Waals surface area (Å²) in [5, 5.41) is 11.8. The van der Waals surface area contributed by atoms with Gasteiger partial charge in [0.05, 0.1) is 6.61 Å². The molecular formula is C15H23NO3S. The van der Waals surface area contributed by atoms with Gasteiger partial charge in [-0.25, -0.2) is 0 Å². The third-order valence-electron chi connectivity index (χ3n) is 3.19. The van der Waals surface area contributed by atoms with Gasteiger partial charge in [-0.2, -0.15) is 0 Å². The van der Waals surface area contributed by atoms with E-state index in [0.717, 1.165) is 17.5 Å². The summed E-state index contributed by atoms with van der Waals surface area (Å²) < 4.78 is 12.0. The fraction of sp³-hybridized carbons (Fsp3) is 0.533. The lowest BCUT2D eigenvalue weighted by molar-refractivity contribution is -0.120. The van der Waals surface area contributed by atoms with E-state index in [2.05, 4.69) is 5.32 Å². The second-order valence-electron chi connectivity index (χ2n) is 5.49. The van der Waals surface area contributed by atoms with E-state index in [-0.39, 0.29) is 23.8 Å². The van der Waals surface area contributed by atoms with Gasteiger partial charge >= 0.3 is 0 Å². The van der Waals surface area contributed by atoms with Crippen molar-refractivity contribution in [1.82, 2.24) is 5.32 Å². The van der Waals surface area contributed by atoms with Gasteiger partial charge in [0.1, 0.15) is 5.75 Å². The quantitative estimate of drug-likeness (QED) is 0.805. The van der Waals surface area contributed by atoms with Crippen LogP contribution in [0.25, 0.3) is 0 Å². The Morgan fingerprint density at radius 3 is 2.30 bits per heavy atom. The molecule has 0 fully saturated rings. The van der Waals surface area contributed by atoms with Crippen molar-refractivity contribution in [3.05, 3.63) is 35.4 Å². The number of aliphatic hydroxyl groups is 1. The van der Waals surface area contributed by atoms with E-state index in [4.69, 9.17) is 5.11 Å². The standard InChI is InChI=1S/C15H23NO3S/c1-4-15(2,3)16-14(18)11-20(19)10-13-7-5-12(9-17)6-8-13/h5-8,17H,4,9-11H2,1-3H3,(H,16,18). The third kappa shape index (κ3) is 5.84. The van der Waals surface area contributed by atoms with Gasteiger partial charge in [-0.05, 0) is 31.4 Å². The first-order valence-electron chi connectivity index (χ1n) is 6.71. The summed E-state index contributed by atoms with van der Waals surface area (Å²) in [5.41, 5.74) is 1.47. The van der Waals surface area contributed by atoms with E-state index in [9.17, 15) is 9.00 Å². The number of carbonyl (C=O) groups excluding carboxylic acids is 1. The van der Waals surface area contributed by atoms with Crippen molar-refractivity contribution >= 4 is 16.7 Å². The molecule has 0 aliphatic carbocycles. The van der Waals surface area contributed by atoms with E-state index >= 15 is 0 Å². The largest absolute Gasteiger partial charge is 0.392 e. The Kier molecular flexibility index (Phi) is 6.36. The van der Waals surface area contributed by atoms with Crippen LogP contribution in [0.5, 0.6) is 0 Å². The molecule has 0 aromatic heterocycles. The van der Waals surface area contributed by atoms with Gasteiger partial charge in [-0.3, -0.25) is 9.00 Å². The second-order valence-corrected chi connectivity index (χ2v) is 6.95. The second kappa shape index (κ2) is 7.55. The van der Waals surface area contributed by atoms with E-state index in [1.807, 2.05) is 32.9 Å². The SMILES string of the molecule is CCC(C)(C)NC(=O)CS(=O)Cc1ccc(CO)cc1. The molecule has 1 atom stereocenters. The van der Waals surface area contributed by atoms with Crippen LogP contribution in [0.4, 0.5) is 0 Å². The molecule has 0 spiro atoms. The molecule has 20 heavy (non-hydrogen) atoms. The molecule has 4 nitrogen and oxygen atoms in total. The minimum Gasteiger partial charge on any atom is -0.392 e. The van der Waals surface area contributed by atoms with Crippen LogP contribution in [0.2, 0.25) is 0 Å². The summed E-state index contributed by atoms with van der Waals surface area (Å²) in [4.78, 5) is 11.8. The molecule has 0 saturated carbocycles. The van der Waals surface area contributed by atoms with Crippen LogP contribution in [-0.2, 0) is 28.0 Å². The molecule has 0 aliphatic heterocycles. The molecule has 0 radical (unpaired) electrons. The molecule has 1 aromatic carbocycles. The average molecular weight is 297 g/mol. The van der Waals surface area contributed by atoms with Crippen LogP contribution in [0, 0.1) is 0 Å². The van der Waals surface area contributed by atoms with Crippen LogP contribution in [-0.4, -0.2) is 26.5 Å². The molecule has 0 bridgehead atoms. The van der Waals surface area contributed by atoms with E-state index in [1.54, 1.807) is 12.1 Å². The maximum atomic E-state index is 12.0. The predicted octanol–water partition coefficient (Wildman–Crippen LogP) is 1.73. The highest BCUT2D eigenvalue weighted by Gasteiger charge is 2.19. The van der Waals surface area contributed by atoms with Gasteiger partial charge in [-0.15, -0.1) is 0 Å². The number of amides is 1. The van der Waals surface area contributed by atoms with Gasteiger partial charge in [0, 0.05) is 22.1 Å². The molecule has 0 aliphatic rings. The van der Waals surface area contributed by atoms with Crippen molar-refractivity contribution in [3.63, 3.8) is 0 Å². The maximum Gasteiger partial charge on any atom is 0.233 e. The topological polar surface area (TPSA) is 66.4 Å². The Balaban J connectivity index is 2.48. The summed E-state index contributed by atoms with van der Waals surface area (Å²) in [5.74, 6) is 0.193. The maximum absolute atomic E-state index is 12.0. The van der Waals surface area contributed by atoms with Crippen molar-refractivity contribution in [1.29, 1.82) is 0 Å². The lowest BCUT2D eigenvalue weighted by Gasteiger charge is -2.24. The highest BCUT2D eigenvalue weighted by molar-refractivity contribution is 7.84. The zero-order valence-corrected chi connectivity index (χ0v) is 13.1. The molecule has 1 unspecified atom stereocenters. The lowest BCUT2D eigenvalue weighted by atomic mass is 10.0. The van der Waals surface area contributed by atoms with Crippen molar-refractivity contribution in [3.8, 4) is 0 Å². The number of benzene rings is 1. The van der Waals surface area contributed by atoms with Crippen LogP contribution in [0.15, 0.2) is 24.3 Å². The molecule has 5 heteroatoms. The van der Waals surface area contributed by atoms with Crippen LogP contribution >= 0.6 is 0 Å². The summed E-state index contributed by atoms with van der Waals surface area (Å²) in [6.45, 7) is 5.89. The molecule has 112 valence electrons. The monoisotopic (exact) mass is 297 g/mol. The summed E-state index contributed by atoms with van der Waals surface area (Å²) in [6, 6.07) is 7.26. The normalized spacial score (nSPS) is 13.0. The fourth-order valence-corrected chi connectivity index (χ4v) is 2.66. The first-order chi connectivity index (χ1) is 9.36. The number of rotatable bonds is 7. The zero-order valence-electron chi connectivity index (χ0n) is 12.3. The van der Waals surface area contributed by atoms with Gasteiger partial charge in [0.15, 0.2) is 0 Å². The first-order valence-corrected chi connectivity index (χ1v) is 8.20. The van der Waals surface area contributed by atoms with Crippen LogP contribution < -0.4 is 5.32 Å². The summed E-state index contributed by atoms with van der Waals surface area (Å²) in [6.07, 6.45) is 0.827.